The molecule has 0 atom stereocenters. The highest BCUT2D eigenvalue weighted by Gasteiger charge is 2.28. The van der Waals surface area contributed by atoms with Gasteiger partial charge in [0, 0.05) is 4.90 Å². The standard InChI is InChI=1S/C24H26N2O3S2/c1-4-30-23-16-9-8-14-21(23)25-24(27)17-26(22-15-10-11-18(2)19(22)3)31(28,29)20-12-6-5-7-13-20/h5-16H,4,17H2,1-3H3,(H,25,27). The Labute approximate surface area is 188 Å². The smallest absolute Gasteiger partial charge is 0.264 e. The molecule has 0 saturated heterocycles. The number of amides is 1. The molecule has 162 valence electrons. The Hall–Kier alpha value is -2.77. The van der Waals surface area contributed by atoms with Crippen LogP contribution in [0.3, 0.4) is 0 Å². The molecule has 0 bridgehead atoms. The lowest BCUT2D eigenvalue weighted by atomic mass is 10.1. The number of benzene rings is 3. The van der Waals surface area contributed by atoms with E-state index in [4.69, 9.17) is 0 Å². The fourth-order valence-electron chi connectivity index (χ4n) is 3.20. The lowest BCUT2D eigenvalue weighted by Gasteiger charge is -2.26. The van der Waals surface area contributed by atoms with Crippen molar-refractivity contribution in [3.05, 3.63) is 83.9 Å². The van der Waals surface area contributed by atoms with E-state index in [1.54, 1.807) is 54.2 Å². The summed E-state index contributed by atoms with van der Waals surface area (Å²) in [5.41, 5.74) is 2.94. The first-order chi connectivity index (χ1) is 14.8. The van der Waals surface area contributed by atoms with Crippen LogP contribution in [-0.2, 0) is 14.8 Å². The predicted molar refractivity (Wildman–Crippen MR) is 128 cm³/mol. The molecule has 0 saturated carbocycles. The van der Waals surface area contributed by atoms with Gasteiger partial charge in [-0.05, 0) is 61.1 Å². The number of thioether (sulfide) groups is 1. The van der Waals surface area contributed by atoms with Crippen molar-refractivity contribution in [2.45, 2.75) is 30.6 Å². The summed E-state index contributed by atoms with van der Waals surface area (Å²) in [6.45, 7) is 5.50. The van der Waals surface area contributed by atoms with Crippen molar-refractivity contribution in [3.8, 4) is 0 Å². The van der Waals surface area contributed by atoms with Crippen LogP contribution >= 0.6 is 11.8 Å². The van der Waals surface area contributed by atoms with Gasteiger partial charge in [-0.1, -0.05) is 49.4 Å². The summed E-state index contributed by atoms with van der Waals surface area (Å²) in [4.78, 5) is 14.1. The van der Waals surface area contributed by atoms with E-state index in [9.17, 15) is 13.2 Å². The first-order valence-electron chi connectivity index (χ1n) is 10.00. The number of hydrogen-bond acceptors (Lipinski definition) is 4. The second-order valence-electron chi connectivity index (χ2n) is 7.02. The van der Waals surface area contributed by atoms with Crippen molar-refractivity contribution in [2.75, 3.05) is 21.9 Å². The van der Waals surface area contributed by atoms with Crippen molar-refractivity contribution in [3.63, 3.8) is 0 Å². The van der Waals surface area contributed by atoms with Gasteiger partial charge in [-0.15, -0.1) is 11.8 Å². The quantitative estimate of drug-likeness (QED) is 0.472. The molecule has 3 aromatic carbocycles. The largest absolute Gasteiger partial charge is 0.323 e. The first kappa shape index (κ1) is 22.9. The Morgan fingerprint density at radius 2 is 1.61 bits per heavy atom. The molecule has 0 spiro atoms. The van der Waals surface area contributed by atoms with Crippen LogP contribution in [0.15, 0.2) is 82.6 Å². The van der Waals surface area contributed by atoms with Crippen molar-refractivity contribution in [2.24, 2.45) is 0 Å². The number of carbonyl (C=O) groups is 1. The summed E-state index contributed by atoms with van der Waals surface area (Å²) in [5, 5.41) is 2.89. The van der Waals surface area contributed by atoms with E-state index < -0.39 is 15.9 Å². The Bertz CT molecular complexity index is 1160. The summed E-state index contributed by atoms with van der Waals surface area (Å²) >= 11 is 1.62. The van der Waals surface area contributed by atoms with Crippen molar-refractivity contribution in [1.82, 2.24) is 0 Å². The van der Waals surface area contributed by atoms with Crippen LogP contribution in [0.2, 0.25) is 0 Å². The predicted octanol–water partition coefficient (Wildman–Crippen LogP) is 5.25. The number of para-hydroxylation sites is 1. The zero-order chi connectivity index (χ0) is 22.4. The molecule has 7 heteroatoms. The van der Waals surface area contributed by atoms with Crippen molar-refractivity contribution in [1.29, 1.82) is 0 Å². The highest BCUT2D eigenvalue weighted by molar-refractivity contribution is 7.99. The zero-order valence-corrected chi connectivity index (χ0v) is 19.5. The molecule has 1 amide bonds. The van der Waals surface area contributed by atoms with E-state index in [2.05, 4.69) is 5.32 Å². The van der Waals surface area contributed by atoms with Gasteiger partial charge in [0.2, 0.25) is 5.91 Å². The van der Waals surface area contributed by atoms with E-state index in [1.165, 1.54) is 4.31 Å². The summed E-state index contributed by atoms with van der Waals surface area (Å²) in [6, 6.07) is 21.2. The van der Waals surface area contributed by atoms with E-state index in [0.29, 0.717) is 11.4 Å². The fraction of sp³-hybridized carbons (Fsp3) is 0.208. The molecule has 0 heterocycles. The Kier molecular flexibility index (Phi) is 7.41. The summed E-state index contributed by atoms with van der Waals surface area (Å²) in [7, 11) is -3.93. The van der Waals surface area contributed by atoms with Crippen LogP contribution in [0.5, 0.6) is 0 Å². The topological polar surface area (TPSA) is 66.5 Å². The van der Waals surface area contributed by atoms with Crippen LogP contribution in [0.4, 0.5) is 11.4 Å². The maximum Gasteiger partial charge on any atom is 0.264 e. The van der Waals surface area contributed by atoms with Crippen molar-refractivity contribution >= 4 is 39.1 Å². The normalized spacial score (nSPS) is 11.2. The van der Waals surface area contributed by atoms with Crippen LogP contribution < -0.4 is 9.62 Å². The minimum Gasteiger partial charge on any atom is -0.323 e. The summed E-state index contributed by atoms with van der Waals surface area (Å²) in [5.74, 6) is 0.466. The molecule has 0 aliphatic carbocycles. The van der Waals surface area contributed by atoms with E-state index >= 15 is 0 Å². The van der Waals surface area contributed by atoms with Gasteiger partial charge in [-0.25, -0.2) is 8.42 Å². The summed E-state index contributed by atoms with van der Waals surface area (Å²) < 4.78 is 28.2. The average Bonchev–Trinajstić information content (AvgIpc) is 2.76. The maximum absolute atomic E-state index is 13.5. The molecule has 3 rings (SSSR count). The van der Waals surface area contributed by atoms with Crippen LogP contribution in [0.25, 0.3) is 0 Å². The van der Waals surface area contributed by atoms with Crippen molar-refractivity contribution < 1.29 is 13.2 Å². The van der Waals surface area contributed by atoms with E-state index in [-0.39, 0.29) is 11.4 Å². The molecule has 5 nitrogen and oxygen atoms in total. The van der Waals surface area contributed by atoms with Gasteiger partial charge < -0.3 is 5.32 Å². The maximum atomic E-state index is 13.5. The number of nitrogens with zero attached hydrogens (tertiary/aromatic N) is 1. The minimum atomic E-state index is -3.93. The average molecular weight is 455 g/mol. The second-order valence-corrected chi connectivity index (χ2v) is 10.2. The Morgan fingerprint density at radius 3 is 2.32 bits per heavy atom. The van der Waals surface area contributed by atoms with Gasteiger partial charge in [0.1, 0.15) is 6.54 Å². The molecule has 0 radical (unpaired) electrons. The molecule has 0 unspecified atom stereocenters. The van der Waals surface area contributed by atoms with Gasteiger partial charge in [0.15, 0.2) is 0 Å². The highest BCUT2D eigenvalue weighted by atomic mass is 32.2. The Balaban J connectivity index is 1.98. The molecule has 0 aliphatic heterocycles. The molecule has 0 aliphatic rings. The number of aryl methyl sites for hydroxylation is 1. The molecule has 31 heavy (non-hydrogen) atoms. The Morgan fingerprint density at radius 1 is 0.935 bits per heavy atom. The van der Waals surface area contributed by atoms with Gasteiger partial charge in [0.05, 0.1) is 16.3 Å². The SMILES string of the molecule is CCSc1ccccc1NC(=O)CN(c1cccc(C)c1C)S(=O)(=O)c1ccccc1. The number of hydrogen-bond donors (Lipinski definition) is 1. The number of carbonyl (C=O) groups excluding carboxylic acids is 1. The molecule has 0 aromatic heterocycles. The number of rotatable bonds is 8. The van der Waals surface area contributed by atoms with E-state index in [1.807, 2.05) is 51.1 Å². The van der Waals surface area contributed by atoms with Gasteiger partial charge in [0.25, 0.3) is 10.0 Å². The third-order valence-corrected chi connectivity index (χ3v) is 7.65. The molecular formula is C24H26N2O3S2. The number of nitrogens with one attached hydrogen (secondary N) is 1. The lowest BCUT2D eigenvalue weighted by molar-refractivity contribution is -0.114. The third-order valence-electron chi connectivity index (χ3n) is 4.92. The number of sulfonamides is 1. The zero-order valence-electron chi connectivity index (χ0n) is 17.8. The van der Waals surface area contributed by atoms with Crippen LogP contribution in [-0.4, -0.2) is 26.6 Å². The molecule has 1 N–H and O–H groups in total. The van der Waals surface area contributed by atoms with E-state index in [0.717, 1.165) is 21.8 Å². The highest BCUT2D eigenvalue weighted by Crippen LogP contribution is 2.30. The third kappa shape index (κ3) is 5.29. The monoisotopic (exact) mass is 454 g/mol. The van der Waals surface area contributed by atoms with Gasteiger partial charge in [-0.2, -0.15) is 0 Å². The molecule has 0 fully saturated rings. The van der Waals surface area contributed by atoms with Crippen LogP contribution in [0, 0.1) is 13.8 Å². The minimum absolute atomic E-state index is 0.144. The molecule has 3 aromatic rings. The number of anilines is 2. The summed E-state index contributed by atoms with van der Waals surface area (Å²) in [6.07, 6.45) is 0. The van der Waals surface area contributed by atoms with Gasteiger partial charge in [-0.3, -0.25) is 9.10 Å². The first-order valence-corrected chi connectivity index (χ1v) is 12.4. The fourth-order valence-corrected chi connectivity index (χ4v) is 5.46. The second kappa shape index (κ2) is 10.0. The van der Waals surface area contributed by atoms with Gasteiger partial charge >= 0.3 is 0 Å². The lowest BCUT2D eigenvalue weighted by Crippen LogP contribution is -2.38. The van der Waals surface area contributed by atoms with Crippen LogP contribution in [0.1, 0.15) is 18.1 Å². The molecular weight excluding hydrogens is 428 g/mol.